The Morgan fingerprint density at radius 2 is 2.05 bits per heavy atom. The zero-order chi connectivity index (χ0) is 14.0. The van der Waals surface area contributed by atoms with Gasteiger partial charge in [0, 0.05) is 15.8 Å². The molecule has 0 saturated carbocycles. The maximum atomic E-state index is 10.9. The molecule has 2 aromatic rings. The minimum absolute atomic E-state index is 0.244. The van der Waals surface area contributed by atoms with Gasteiger partial charge in [0.1, 0.15) is 16.5 Å². The fraction of sp³-hybridized carbons (Fsp3) is 0.154. The van der Waals surface area contributed by atoms with Crippen LogP contribution >= 0.6 is 22.9 Å². The van der Waals surface area contributed by atoms with E-state index in [1.807, 2.05) is 0 Å². The Balaban J connectivity index is 2.55. The highest BCUT2D eigenvalue weighted by molar-refractivity contribution is 7.13. The lowest BCUT2D eigenvalue weighted by atomic mass is 10.1. The molecule has 0 fully saturated rings. The summed E-state index contributed by atoms with van der Waals surface area (Å²) in [4.78, 5) is 11.7. The lowest BCUT2D eigenvalue weighted by Crippen LogP contribution is -1.93. The van der Waals surface area contributed by atoms with E-state index in [1.165, 1.54) is 25.6 Å². The topological polar surface area (TPSA) is 55.8 Å². The highest BCUT2D eigenvalue weighted by Crippen LogP contribution is 2.43. The van der Waals surface area contributed by atoms with Gasteiger partial charge in [0.05, 0.1) is 19.8 Å². The van der Waals surface area contributed by atoms with Crippen molar-refractivity contribution in [3.8, 4) is 21.9 Å². The number of hydrogen-bond donors (Lipinski definition) is 1. The molecule has 1 N–H and O–H groups in total. The van der Waals surface area contributed by atoms with E-state index in [4.69, 9.17) is 26.2 Å². The molecule has 0 unspecified atom stereocenters. The number of hydrogen-bond acceptors (Lipinski definition) is 4. The average Bonchev–Trinajstić information content (AvgIpc) is 2.87. The quantitative estimate of drug-likeness (QED) is 0.933. The number of carboxylic acid groups (broad SMARTS) is 1. The molecule has 0 bridgehead atoms. The van der Waals surface area contributed by atoms with Crippen LogP contribution in [0.25, 0.3) is 10.4 Å². The van der Waals surface area contributed by atoms with Crippen LogP contribution in [-0.4, -0.2) is 25.3 Å². The van der Waals surface area contributed by atoms with Gasteiger partial charge in [0.2, 0.25) is 0 Å². The molecule has 2 rings (SSSR count). The molecule has 0 atom stereocenters. The van der Waals surface area contributed by atoms with Crippen molar-refractivity contribution in [2.75, 3.05) is 14.2 Å². The summed E-state index contributed by atoms with van der Waals surface area (Å²) in [5, 5.41) is 10.9. The lowest BCUT2D eigenvalue weighted by Gasteiger charge is -2.11. The highest BCUT2D eigenvalue weighted by atomic mass is 35.5. The summed E-state index contributed by atoms with van der Waals surface area (Å²) in [5.41, 5.74) is 0.986. The maximum Gasteiger partial charge on any atom is 0.336 e. The third-order valence-corrected chi connectivity index (χ3v) is 3.92. The highest BCUT2D eigenvalue weighted by Gasteiger charge is 2.17. The second-order valence-electron chi connectivity index (χ2n) is 3.67. The molecular formula is C13H11ClO4S. The van der Waals surface area contributed by atoms with Gasteiger partial charge in [-0.25, -0.2) is 4.79 Å². The number of benzene rings is 1. The van der Waals surface area contributed by atoms with Crippen molar-refractivity contribution in [1.82, 2.24) is 0 Å². The van der Waals surface area contributed by atoms with E-state index in [1.54, 1.807) is 23.6 Å². The summed E-state index contributed by atoms with van der Waals surface area (Å²) < 4.78 is 10.4. The maximum absolute atomic E-state index is 10.9. The summed E-state index contributed by atoms with van der Waals surface area (Å²) >= 11 is 7.49. The number of carbonyl (C=O) groups is 1. The molecule has 0 saturated heterocycles. The minimum Gasteiger partial charge on any atom is -0.495 e. The van der Waals surface area contributed by atoms with Crippen LogP contribution in [0.4, 0.5) is 0 Å². The number of methoxy groups -OCH3 is 2. The molecule has 1 aromatic carbocycles. The number of aromatic carboxylic acids is 1. The van der Waals surface area contributed by atoms with Gasteiger partial charge in [-0.05, 0) is 18.2 Å². The molecule has 1 aromatic heterocycles. The Hall–Kier alpha value is -1.72. The van der Waals surface area contributed by atoms with E-state index in [2.05, 4.69) is 0 Å². The average molecular weight is 299 g/mol. The number of carboxylic acids is 1. The van der Waals surface area contributed by atoms with E-state index in [0.29, 0.717) is 16.5 Å². The fourth-order valence-corrected chi connectivity index (χ4v) is 2.90. The predicted molar refractivity (Wildman–Crippen MR) is 74.8 cm³/mol. The summed E-state index contributed by atoms with van der Waals surface area (Å²) in [6.07, 6.45) is 0. The first-order valence-corrected chi connectivity index (χ1v) is 6.57. The Morgan fingerprint density at radius 3 is 2.58 bits per heavy atom. The zero-order valence-electron chi connectivity index (χ0n) is 10.3. The SMILES string of the molecule is COc1ccc(-c2cc(C(=O)O)cs2)c(OC)c1Cl. The summed E-state index contributed by atoms with van der Waals surface area (Å²) in [6, 6.07) is 5.11. The first-order valence-electron chi connectivity index (χ1n) is 5.31. The Kier molecular flexibility index (Phi) is 3.97. The third kappa shape index (κ3) is 2.52. The molecule has 19 heavy (non-hydrogen) atoms. The number of halogens is 1. The van der Waals surface area contributed by atoms with E-state index in [-0.39, 0.29) is 5.56 Å². The van der Waals surface area contributed by atoms with Crippen molar-refractivity contribution in [3.63, 3.8) is 0 Å². The van der Waals surface area contributed by atoms with Crippen LogP contribution in [0.15, 0.2) is 23.6 Å². The largest absolute Gasteiger partial charge is 0.495 e. The minimum atomic E-state index is -0.957. The molecule has 0 aliphatic rings. The summed E-state index contributed by atoms with van der Waals surface area (Å²) in [7, 11) is 3.03. The normalized spacial score (nSPS) is 10.3. The van der Waals surface area contributed by atoms with Crippen LogP contribution in [0.2, 0.25) is 5.02 Å². The second kappa shape index (κ2) is 5.50. The molecule has 0 spiro atoms. The first-order chi connectivity index (χ1) is 9.08. The number of rotatable bonds is 4. The van der Waals surface area contributed by atoms with Gasteiger partial charge in [0.25, 0.3) is 0 Å². The van der Waals surface area contributed by atoms with E-state index in [0.717, 1.165) is 10.4 Å². The van der Waals surface area contributed by atoms with Crippen LogP contribution in [0, 0.1) is 0 Å². The Bertz CT molecular complexity index is 621. The Labute approximate surface area is 119 Å². The van der Waals surface area contributed by atoms with Crippen molar-refractivity contribution < 1.29 is 19.4 Å². The van der Waals surface area contributed by atoms with Crippen LogP contribution in [0.3, 0.4) is 0 Å². The van der Waals surface area contributed by atoms with E-state index in [9.17, 15) is 4.79 Å². The van der Waals surface area contributed by atoms with E-state index >= 15 is 0 Å². The van der Waals surface area contributed by atoms with Gasteiger partial charge in [-0.2, -0.15) is 0 Å². The summed E-state index contributed by atoms with van der Waals surface area (Å²) in [5.74, 6) is 0.0261. The van der Waals surface area contributed by atoms with E-state index < -0.39 is 5.97 Å². The first kappa shape index (κ1) is 13.7. The third-order valence-electron chi connectivity index (χ3n) is 2.60. The van der Waals surface area contributed by atoms with Crippen LogP contribution in [0.1, 0.15) is 10.4 Å². The Morgan fingerprint density at radius 1 is 1.32 bits per heavy atom. The van der Waals surface area contributed by atoms with Gasteiger partial charge in [0.15, 0.2) is 0 Å². The monoisotopic (exact) mass is 298 g/mol. The van der Waals surface area contributed by atoms with Gasteiger partial charge < -0.3 is 14.6 Å². The van der Waals surface area contributed by atoms with Crippen LogP contribution in [0.5, 0.6) is 11.5 Å². The lowest BCUT2D eigenvalue weighted by molar-refractivity contribution is 0.0697. The summed E-state index contributed by atoms with van der Waals surface area (Å²) in [6.45, 7) is 0. The van der Waals surface area contributed by atoms with Crippen molar-refractivity contribution in [2.45, 2.75) is 0 Å². The van der Waals surface area contributed by atoms with Crippen molar-refractivity contribution in [1.29, 1.82) is 0 Å². The second-order valence-corrected chi connectivity index (χ2v) is 4.96. The molecule has 0 aliphatic heterocycles. The molecule has 0 amide bonds. The molecule has 6 heteroatoms. The van der Waals surface area contributed by atoms with Gasteiger partial charge in [-0.15, -0.1) is 11.3 Å². The predicted octanol–water partition coefficient (Wildman–Crippen LogP) is 3.78. The van der Waals surface area contributed by atoms with Crippen molar-refractivity contribution in [3.05, 3.63) is 34.2 Å². The molecule has 4 nitrogen and oxygen atoms in total. The van der Waals surface area contributed by atoms with Crippen LogP contribution < -0.4 is 9.47 Å². The molecule has 0 radical (unpaired) electrons. The smallest absolute Gasteiger partial charge is 0.336 e. The number of thiophene rings is 1. The van der Waals surface area contributed by atoms with Crippen molar-refractivity contribution >= 4 is 28.9 Å². The van der Waals surface area contributed by atoms with Crippen molar-refractivity contribution in [2.24, 2.45) is 0 Å². The zero-order valence-corrected chi connectivity index (χ0v) is 11.8. The molecule has 0 aliphatic carbocycles. The van der Waals surface area contributed by atoms with Gasteiger partial charge in [-0.1, -0.05) is 11.6 Å². The molecular weight excluding hydrogens is 288 g/mol. The van der Waals surface area contributed by atoms with Gasteiger partial charge >= 0.3 is 5.97 Å². The standard InChI is InChI=1S/C13H11ClO4S/c1-17-9-4-3-8(12(18-2)11(9)14)10-5-7(6-19-10)13(15)16/h3-6H,1-2H3,(H,15,16). The molecule has 100 valence electrons. The molecule has 1 heterocycles. The fourth-order valence-electron chi connectivity index (χ4n) is 1.68. The number of ether oxygens (including phenoxy) is 2. The van der Waals surface area contributed by atoms with Crippen LogP contribution in [-0.2, 0) is 0 Å². The van der Waals surface area contributed by atoms with Gasteiger partial charge in [-0.3, -0.25) is 0 Å².